The summed E-state index contributed by atoms with van der Waals surface area (Å²) in [6.07, 6.45) is 0. The number of hydrogen-bond acceptors (Lipinski definition) is 4. The normalized spacial score (nSPS) is 12.1. The zero-order chi connectivity index (χ0) is 13.2. The molecule has 0 radical (unpaired) electrons. The molecule has 0 spiro atoms. The van der Waals surface area contributed by atoms with Gasteiger partial charge in [-0.05, 0) is 36.6 Å². The lowest BCUT2D eigenvalue weighted by molar-refractivity contribution is 0.281. The van der Waals surface area contributed by atoms with Crippen molar-refractivity contribution < 1.29 is 13.5 Å². The van der Waals surface area contributed by atoms with Crippen LogP contribution in [-0.4, -0.2) is 32.6 Å². The van der Waals surface area contributed by atoms with Crippen molar-refractivity contribution >= 4 is 10.0 Å². The van der Waals surface area contributed by atoms with E-state index in [2.05, 4.69) is 4.83 Å². The number of benzene rings is 1. The maximum absolute atomic E-state index is 12.0. The molecule has 0 amide bonds. The number of sulfonamides is 1. The third-order valence-corrected chi connectivity index (χ3v) is 4.06. The Labute approximate surface area is 102 Å². The highest BCUT2D eigenvalue weighted by molar-refractivity contribution is 7.89. The summed E-state index contributed by atoms with van der Waals surface area (Å²) in [4.78, 5) is 2.58. The number of hydrogen-bond donors (Lipinski definition) is 2. The first-order valence-electron chi connectivity index (χ1n) is 5.18. The van der Waals surface area contributed by atoms with Crippen LogP contribution in [0.3, 0.4) is 0 Å². The molecule has 0 bridgehead atoms. The second kappa shape index (κ2) is 5.14. The molecule has 0 aliphatic carbocycles. The average Bonchev–Trinajstić information content (AvgIpc) is 2.19. The van der Waals surface area contributed by atoms with Crippen molar-refractivity contribution in [1.82, 2.24) is 9.84 Å². The summed E-state index contributed by atoms with van der Waals surface area (Å²) in [5.41, 5.74) is 2.12. The van der Waals surface area contributed by atoms with Crippen LogP contribution in [0.1, 0.15) is 16.7 Å². The molecule has 0 heterocycles. The van der Waals surface area contributed by atoms with Gasteiger partial charge in [0.25, 0.3) is 10.0 Å². The number of nitrogens with zero attached hydrogens (tertiary/aromatic N) is 1. The number of aryl methyl sites for hydroxylation is 1. The van der Waals surface area contributed by atoms with Crippen molar-refractivity contribution in [2.75, 3.05) is 14.1 Å². The van der Waals surface area contributed by atoms with Gasteiger partial charge in [-0.2, -0.15) is 0 Å². The van der Waals surface area contributed by atoms with Gasteiger partial charge in [0, 0.05) is 14.1 Å². The van der Waals surface area contributed by atoms with Crippen LogP contribution in [0.15, 0.2) is 17.0 Å². The van der Waals surface area contributed by atoms with Gasteiger partial charge in [-0.15, -0.1) is 4.83 Å². The van der Waals surface area contributed by atoms with E-state index in [0.29, 0.717) is 11.1 Å². The Bertz CT molecular complexity index is 510. The summed E-state index contributed by atoms with van der Waals surface area (Å²) in [7, 11) is -0.367. The fourth-order valence-corrected chi connectivity index (χ4v) is 3.01. The minimum absolute atomic E-state index is 0.175. The largest absolute Gasteiger partial charge is 0.392 e. The van der Waals surface area contributed by atoms with Crippen molar-refractivity contribution in [3.63, 3.8) is 0 Å². The molecule has 0 aliphatic heterocycles. The zero-order valence-electron chi connectivity index (χ0n) is 10.5. The third-order valence-electron chi connectivity index (χ3n) is 2.45. The lowest BCUT2D eigenvalue weighted by Gasteiger charge is -2.16. The van der Waals surface area contributed by atoms with E-state index in [9.17, 15) is 8.42 Å². The fraction of sp³-hybridized carbons (Fsp3) is 0.455. The van der Waals surface area contributed by atoms with Gasteiger partial charge in [-0.1, -0.05) is 6.07 Å². The van der Waals surface area contributed by atoms with Crippen LogP contribution in [0, 0.1) is 13.8 Å². The highest BCUT2D eigenvalue weighted by Crippen LogP contribution is 2.21. The minimum Gasteiger partial charge on any atom is -0.392 e. The molecule has 1 rings (SSSR count). The molecule has 0 aliphatic rings. The monoisotopic (exact) mass is 258 g/mol. The summed E-state index contributed by atoms with van der Waals surface area (Å²) in [5.74, 6) is 0. The number of hydrazine groups is 1. The Morgan fingerprint density at radius 1 is 1.29 bits per heavy atom. The zero-order valence-corrected chi connectivity index (χ0v) is 11.3. The second-order valence-corrected chi connectivity index (χ2v) is 5.81. The first-order valence-corrected chi connectivity index (χ1v) is 6.67. The van der Waals surface area contributed by atoms with Crippen LogP contribution in [-0.2, 0) is 16.6 Å². The van der Waals surface area contributed by atoms with E-state index < -0.39 is 10.0 Å². The van der Waals surface area contributed by atoms with Crippen LogP contribution in [0.4, 0.5) is 0 Å². The van der Waals surface area contributed by atoms with Gasteiger partial charge in [-0.25, -0.2) is 13.4 Å². The van der Waals surface area contributed by atoms with E-state index >= 15 is 0 Å². The molecule has 6 heteroatoms. The van der Waals surface area contributed by atoms with E-state index in [-0.39, 0.29) is 11.5 Å². The molecule has 96 valence electrons. The molecule has 0 aromatic heterocycles. The van der Waals surface area contributed by atoms with Crippen molar-refractivity contribution in [3.8, 4) is 0 Å². The quantitative estimate of drug-likeness (QED) is 0.774. The molecular weight excluding hydrogens is 240 g/mol. The Morgan fingerprint density at radius 2 is 1.88 bits per heavy atom. The first kappa shape index (κ1) is 14.1. The third kappa shape index (κ3) is 3.26. The molecule has 0 fully saturated rings. The summed E-state index contributed by atoms with van der Waals surface area (Å²) in [6, 6.07) is 3.28. The van der Waals surface area contributed by atoms with E-state index in [4.69, 9.17) is 5.11 Å². The lowest BCUT2D eigenvalue weighted by Crippen LogP contribution is -2.36. The molecule has 0 atom stereocenters. The Kier molecular flexibility index (Phi) is 4.26. The van der Waals surface area contributed by atoms with Crippen molar-refractivity contribution in [2.24, 2.45) is 0 Å². The van der Waals surface area contributed by atoms with E-state index in [1.165, 1.54) is 11.1 Å². The van der Waals surface area contributed by atoms with Crippen LogP contribution >= 0.6 is 0 Å². The molecule has 0 saturated carbocycles. The van der Waals surface area contributed by atoms with Gasteiger partial charge in [0.15, 0.2) is 0 Å². The lowest BCUT2D eigenvalue weighted by atomic mass is 10.1. The Balaban J connectivity index is 3.35. The van der Waals surface area contributed by atoms with Gasteiger partial charge in [0.1, 0.15) is 0 Å². The number of nitrogens with one attached hydrogen (secondary N) is 1. The first-order chi connectivity index (χ1) is 7.77. The number of aliphatic hydroxyl groups is 1. The van der Waals surface area contributed by atoms with Gasteiger partial charge >= 0.3 is 0 Å². The Hall–Kier alpha value is -0.950. The maximum Gasteiger partial charge on any atom is 0.253 e. The van der Waals surface area contributed by atoms with Crippen molar-refractivity contribution in [1.29, 1.82) is 0 Å². The van der Waals surface area contributed by atoms with E-state index in [1.54, 1.807) is 27.1 Å². The summed E-state index contributed by atoms with van der Waals surface area (Å²) < 4.78 is 24.1. The molecule has 17 heavy (non-hydrogen) atoms. The van der Waals surface area contributed by atoms with E-state index in [1.807, 2.05) is 6.92 Å². The predicted octanol–water partition coefficient (Wildman–Crippen LogP) is 0.551. The number of rotatable bonds is 4. The maximum atomic E-state index is 12.0. The van der Waals surface area contributed by atoms with Crippen molar-refractivity contribution in [2.45, 2.75) is 25.3 Å². The predicted molar refractivity (Wildman–Crippen MR) is 65.8 cm³/mol. The summed E-state index contributed by atoms with van der Waals surface area (Å²) in [6.45, 7) is 3.40. The molecule has 1 aromatic carbocycles. The average molecular weight is 258 g/mol. The van der Waals surface area contributed by atoms with E-state index in [0.717, 1.165) is 5.56 Å². The van der Waals surface area contributed by atoms with Gasteiger partial charge in [0.2, 0.25) is 0 Å². The van der Waals surface area contributed by atoms with Crippen LogP contribution in [0.5, 0.6) is 0 Å². The summed E-state index contributed by atoms with van der Waals surface area (Å²) >= 11 is 0. The van der Waals surface area contributed by atoms with Crippen LogP contribution in [0.2, 0.25) is 0 Å². The molecule has 1 aromatic rings. The Morgan fingerprint density at radius 3 is 2.35 bits per heavy atom. The standard InChI is InChI=1S/C11H18N2O3S/c1-8-5-10(7-14)6-11(9(8)2)17(15,16)12-13(3)4/h5-6,12,14H,7H2,1-4H3. The second-order valence-electron chi connectivity index (χ2n) is 4.18. The van der Waals surface area contributed by atoms with Crippen LogP contribution in [0.25, 0.3) is 0 Å². The number of aliphatic hydroxyl groups excluding tert-OH is 1. The van der Waals surface area contributed by atoms with Crippen molar-refractivity contribution in [3.05, 3.63) is 28.8 Å². The molecule has 5 nitrogen and oxygen atoms in total. The smallest absolute Gasteiger partial charge is 0.253 e. The van der Waals surface area contributed by atoms with Gasteiger partial charge < -0.3 is 5.11 Å². The highest BCUT2D eigenvalue weighted by Gasteiger charge is 2.19. The van der Waals surface area contributed by atoms with Gasteiger partial charge in [0.05, 0.1) is 11.5 Å². The molecule has 0 unspecified atom stereocenters. The molecule has 2 N–H and O–H groups in total. The highest BCUT2D eigenvalue weighted by atomic mass is 32.2. The van der Waals surface area contributed by atoms with Crippen LogP contribution < -0.4 is 4.83 Å². The topological polar surface area (TPSA) is 69.6 Å². The SMILES string of the molecule is Cc1cc(CO)cc(S(=O)(=O)NN(C)C)c1C. The molecular formula is C11H18N2O3S. The fourth-order valence-electron chi connectivity index (χ4n) is 1.56. The molecule has 0 saturated heterocycles. The summed E-state index contributed by atoms with van der Waals surface area (Å²) in [5, 5.41) is 10.5. The minimum atomic E-state index is -3.58. The van der Waals surface area contributed by atoms with Gasteiger partial charge in [-0.3, -0.25) is 0 Å².